The van der Waals surface area contributed by atoms with Crippen LogP contribution in [0.15, 0.2) is 5.16 Å². The maximum absolute atomic E-state index is 8.37. The molecule has 0 bridgehead atoms. The third-order valence-corrected chi connectivity index (χ3v) is 3.96. The van der Waals surface area contributed by atoms with E-state index in [1.807, 2.05) is 0 Å². The highest BCUT2D eigenvalue weighted by molar-refractivity contribution is 7.99. The van der Waals surface area contributed by atoms with Crippen molar-refractivity contribution in [3.05, 3.63) is 0 Å². The molecule has 1 fully saturated rings. The van der Waals surface area contributed by atoms with Crippen LogP contribution in [0.4, 0.5) is 0 Å². The number of nitrogens with two attached hydrogens (primary N) is 1. The predicted molar refractivity (Wildman–Crippen MR) is 65.6 cm³/mol. The molecule has 0 aliphatic heterocycles. The van der Waals surface area contributed by atoms with E-state index in [9.17, 15) is 0 Å². The van der Waals surface area contributed by atoms with Gasteiger partial charge in [-0.2, -0.15) is 11.8 Å². The third kappa shape index (κ3) is 4.75. The van der Waals surface area contributed by atoms with Crippen molar-refractivity contribution < 1.29 is 5.21 Å². The summed E-state index contributed by atoms with van der Waals surface area (Å²) in [6.07, 6.45) is 4.46. The Morgan fingerprint density at radius 2 is 2.40 bits per heavy atom. The van der Waals surface area contributed by atoms with Gasteiger partial charge < -0.3 is 16.3 Å². The molecule has 0 radical (unpaired) electrons. The molecule has 2 unspecified atom stereocenters. The lowest BCUT2D eigenvalue weighted by molar-refractivity contribution is 0.316. The van der Waals surface area contributed by atoms with Gasteiger partial charge in [-0.05, 0) is 25.0 Å². The molecule has 0 aromatic carbocycles. The summed E-state index contributed by atoms with van der Waals surface area (Å²) < 4.78 is 0. The Balaban J connectivity index is 2.08. The van der Waals surface area contributed by atoms with Crippen LogP contribution in [0.2, 0.25) is 0 Å². The standard InChI is InChI=1S/C10H21N3OS/c1-2-15-9-4-3-8(7-9)12-6-5-10(11)13-14/h8-9,12,14H,2-7H2,1H3,(H2,11,13). The Hall–Kier alpha value is -0.420. The summed E-state index contributed by atoms with van der Waals surface area (Å²) in [7, 11) is 0. The van der Waals surface area contributed by atoms with Gasteiger partial charge >= 0.3 is 0 Å². The molecule has 5 heteroatoms. The van der Waals surface area contributed by atoms with Crippen LogP contribution in [-0.4, -0.2) is 34.6 Å². The SMILES string of the molecule is CCSC1CCC(NCCC(N)=NO)C1. The molecule has 0 aromatic rings. The first-order valence-electron chi connectivity index (χ1n) is 5.57. The zero-order valence-corrected chi connectivity index (χ0v) is 10.1. The minimum absolute atomic E-state index is 0.306. The lowest BCUT2D eigenvalue weighted by Crippen LogP contribution is -2.30. The maximum atomic E-state index is 8.37. The van der Waals surface area contributed by atoms with Gasteiger partial charge in [0.25, 0.3) is 0 Å². The van der Waals surface area contributed by atoms with Gasteiger partial charge in [0.1, 0.15) is 5.84 Å². The molecule has 1 rings (SSSR count). The van der Waals surface area contributed by atoms with Gasteiger partial charge in [0.05, 0.1) is 0 Å². The highest BCUT2D eigenvalue weighted by atomic mass is 32.2. The molecule has 1 aliphatic rings. The van der Waals surface area contributed by atoms with Crippen molar-refractivity contribution in [2.45, 2.75) is 43.9 Å². The zero-order chi connectivity index (χ0) is 11.1. The highest BCUT2D eigenvalue weighted by Gasteiger charge is 2.23. The van der Waals surface area contributed by atoms with E-state index in [2.05, 4.69) is 29.2 Å². The first kappa shape index (κ1) is 12.6. The lowest BCUT2D eigenvalue weighted by atomic mass is 10.2. The van der Waals surface area contributed by atoms with Crippen molar-refractivity contribution in [1.82, 2.24) is 5.32 Å². The number of thioether (sulfide) groups is 1. The second-order valence-corrected chi connectivity index (χ2v) is 5.46. The quantitative estimate of drug-likeness (QED) is 0.279. The maximum Gasteiger partial charge on any atom is 0.140 e. The monoisotopic (exact) mass is 231 g/mol. The first-order valence-corrected chi connectivity index (χ1v) is 6.62. The van der Waals surface area contributed by atoms with E-state index in [4.69, 9.17) is 10.9 Å². The molecule has 15 heavy (non-hydrogen) atoms. The van der Waals surface area contributed by atoms with E-state index in [1.165, 1.54) is 25.0 Å². The molecule has 0 spiro atoms. The molecule has 1 saturated carbocycles. The Bertz CT molecular complexity index is 211. The number of hydrogen-bond donors (Lipinski definition) is 3. The van der Waals surface area contributed by atoms with Crippen LogP contribution in [0.1, 0.15) is 32.6 Å². The number of oxime groups is 1. The molecule has 0 heterocycles. The molecule has 4 nitrogen and oxygen atoms in total. The highest BCUT2D eigenvalue weighted by Crippen LogP contribution is 2.29. The van der Waals surface area contributed by atoms with Crippen LogP contribution in [0.5, 0.6) is 0 Å². The van der Waals surface area contributed by atoms with Crippen LogP contribution >= 0.6 is 11.8 Å². The van der Waals surface area contributed by atoms with Crippen LogP contribution in [0.25, 0.3) is 0 Å². The van der Waals surface area contributed by atoms with Gasteiger partial charge in [-0.15, -0.1) is 0 Å². The van der Waals surface area contributed by atoms with Crippen molar-refractivity contribution in [1.29, 1.82) is 0 Å². The molecule has 0 amide bonds. The van der Waals surface area contributed by atoms with Crippen LogP contribution in [-0.2, 0) is 0 Å². The van der Waals surface area contributed by atoms with Gasteiger partial charge in [-0.3, -0.25) is 0 Å². The lowest BCUT2D eigenvalue weighted by Gasteiger charge is -2.12. The van der Waals surface area contributed by atoms with E-state index >= 15 is 0 Å². The first-order chi connectivity index (χ1) is 7.26. The third-order valence-electron chi connectivity index (χ3n) is 2.73. The molecule has 2 atom stereocenters. The summed E-state index contributed by atoms with van der Waals surface area (Å²) in [4.78, 5) is 0. The number of nitrogens with zero attached hydrogens (tertiary/aromatic N) is 1. The Morgan fingerprint density at radius 3 is 3.07 bits per heavy atom. The minimum Gasteiger partial charge on any atom is -0.409 e. The van der Waals surface area contributed by atoms with Crippen molar-refractivity contribution >= 4 is 17.6 Å². The van der Waals surface area contributed by atoms with E-state index in [0.29, 0.717) is 18.3 Å². The average Bonchev–Trinajstić information content (AvgIpc) is 2.66. The number of hydrogen-bond acceptors (Lipinski definition) is 4. The summed E-state index contributed by atoms with van der Waals surface area (Å²) in [5, 5.41) is 15.6. The predicted octanol–water partition coefficient (Wildman–Crippen LogP) is 1.39. The minimum atomic E-state index is 0.306. The van der Waals surface area contributed by atoms with Crippen molar-refractivity contribution in [3.63, 3.8) is 0 Å². The smallest absolute Gasteiger partial charge is 0.140 e. The topological polar surface area (TPSA) is 70.6 Å². The van der Waals surface area contributed by atoms with Gasteiger partial charge in [-0.1, -0.05) is 12.1 Å². The molecule has 0 saturated heterocycles. The normalized spacial score (nSPS) is 27.1. The summed E-state index contributed by atoms with van der Waals surface area (Å²) in [6.45, 7) is 3.02. The molecule has 1 aliphatic carbocycles. The molecule has 0 aromatic heterocycles. The summed E-state index contributed by atoms with van der Waals surface area (Å²) in [6, 6.07) is 0.626. The Labute approximate surface area is 95.7 Å². The number of amidine groups is 1. The zero-order valence-electron chi connectivity index (χ0n) is 9.28. The van der Waals surface area contributed by atoms with Gasteiger partial charge in [0.15, 0.2) is 0 Å². The Morgan fingerprint density at radius 1 is 1.60 bits per heavy atom. The number of rotatable bonds is 6. The van der Waals surface area contributed by atoms with Gasteiger partial charge in [0.2, 0.25) is 0 Å². The second kappa shape index (κ2) is 6.95. The molecular weight excluding hydrogens is 210 g/mol. The van der Waals surface area contributed by atoms with Crippen molar-refractivity contribution in [2.75, 3.05) is 12.3 Å². The van der Waals surface area contributed by atoms with Crippen LogP contribution in [0.3, 0.4) is 0 Å². The van der Waals surface area contributed by atoms with E-state index in [0.717, 1.165) is 11.8 Å². The van der Waals surface area contributed by atoms with E-state index in [1.54, 1.807) is 0 Å². The van der Waals surface area contributed by atoms with Crippen LogP contribution < -0.4 is 11.1 Å². The largest absolute Gasteiger partial charge is 0.409 e. The summed E-state index contributed by atoms with van der Waals surface area (Å²) in [5.74, 6) is 1.52. The second-order valence-electron chi connectivity index (χ2n) is 3.88. The molecular formula is C10H21N3OS. The number of nitrogens with one attached hydrogen (secondary N) is 1. The molecule has 4 N–H and O–H groups in total. The summed E-state index contributed by atoms with van der Waals surface area (Å²) >= 11 is 2.06. The van der Waals surface area contributed by atoms with E-state index < -0.39 is 0 Å². The molecule has 88 valence electrons. The van der Waals surface area contributed by atoms with Gasteiger partial charge in [-0.25, -0.2) is 0 Å². The van der Waals surface area contributed by atoms with Crippen molar-refractivity contribution in [2.24, 2.45) is 10.9 Å². The average molecular weight is 231 g/mol. The fourth-order valence-electron chi connectivity index (χ4n) is 1.97. The van der Waals surface area contributed by atoms with E-state index in [-0.39, 0.29) is 0 Å². The summed E-state index contributed by atoms with van der Waals surface area (Å²) in [5.41, 5.74) is 5.39. The van der Waals surface area contributed by atoms with Crippen molar-refractivity contribution in [3.8, 4) is 0 Å². The van der Waals surface area contributed by atoms with Crippen LogP contribution in [0, 0.1) is 0 Å². The fraction of sp³-hybridized carbons (Fsp3) is 0.900. The fourth-order valence-corrected chi connectivity index (χ4v) is 3.11. The Kier molecular flexibility index (Phi) is 5.86. The van der Waals surface area contributed by atoms with Gasteiger partial charge in [0, 0.05) is 24.3 Å².